The smallest absolute Gasteiger partial charge is 0.344 e. The normalized spacial score (nSPS) is 12.1. The molecule has 4 rings (SSSR count). The Morgan fingerprint density at radius 2 is 1.67 bits per heavy atom. The number of fused-ring (bicyclic) bond motifs is 2. The summed E-state index contributed by atoms with van der Waals surface area (Å²) in [5.74, 6) is 0. The Bertz CT molecular complexity index is 1090. The van der Waals surface area contributed by atoms with Gasteiger partial charge < -0.3 is 8.83 Å². The van der Waals surface area contributed by atoms with Gasteiger partial charge in [0.25, 0.3) is 0 Å². The molecule has 2 aromatic carbocycles. The number of hydrogen-bond acceptors (Lipinski definition) is 3. The minimum absolute atomic E-state index is 0.0171. The van der Waals surface area contributed by atoms with Gasteiger partial charge in [-0.1, -0.05) is 51.1 Å². The fraction of sp³-hybridized carbons (Fsp3) is 0.190. The first-order valence-electron chi connectivity index (χ1n) is 7.98. The van der Waals surface area contributed by atoms with E-state index in [4.69, 9.17) is 8.83 Å². The molecule has 0 fully saturated rings. The Balaban J connectivity index is 2.01. The Morgan fingerprint density at radius 1 is 0.917 bits per heavy atom. The van der Waals surface area contributed by atoms with Crippen LogP contribution in [0.25, 0.3) is 33.1 Å². The van der Waals surface area contributed by atoms with Crippen molar-refractivity contribution < 1.29 is 8.83 Å². The van der Waals surface area contributed by atoms with Gasteiger partial charge in [0.1, 0.15) is 11.2 Å². The quantitative estimate of drug-likeness (QED) is 0.435. The third kappa shape index (κ3) is 2.33. The Hall–Kier alpha value is -2.81. The van der Waals surface area contributed by atoms with Gasteiger partial charge in [0.2, 0.25) is 0 Å². The summed E-state index contributed by atoms with van der Waals surface area (Å²) in [6, 6.07) is 15.3. The number of rotatable bonds is 1. The summed E-state index contributed by atoms with van der Waals surface area (Å²) in [6.45, 7) is 6.46. The maximum atomic E-state index is 12.3. The molecule has 0 N–H and O–H groups in total. The van der Waals surface area contributed by atoms with Crippen molar-refractivity contribution in [2.24, 2.45) is 0 Å². The summed E-state index contributed by atoms with van der Waals surface area (Å²) in [4.78, 5) is 12.3. The molecular weight excluding hydrogens is 300 g/mol. The molecule has 0 saturated heterocycles. The molecule has 0 amide bonds. The highest BCUT2D eigenvalue weighted by Gasteiger charge is 2.20. The highest BCUT2D eigenvalue weighted by molar-refractivity contribution is 5.96. The molecule has 0 unspecified atom stereocenters. The van der Waals surface area contributed by atoms with Crippen LogP contribution in [0.5, 0.6) is 0 Å². The van der Waals surface area contributed by atoms with Crippen LogP contribution in [0.1, 0.15) is 26.3 Å². The molecule has 0 spiro atoms. The average Bonchev–Trinajstić information content (AvgIpc) is 2.96. The van der Waals surface area contributed by atoms with Crippen molar-refractivity contribution in [1.29, 1.82) is 0 Å². The van der Waals surface area contributed by atoms with Gasteiger partial charge in [0, 0.05) is 22.4 Å². The Morgan fingerprint density at radius 3 is 2.38 bits per heavy atom. The van der Waals surface area contributed by atoms with Crippen LogP contribution in [0, 0.1) is 0 Å². The van der Waals surface area contributed by atoms with Gasteiger partial charge in [-0.2, -0.15) is 0 Å². The minimum atomic E-state index is -0.337. The van der Waals surface area contributed by atoms with Crippen molar-refractivity contribution in [1.82, 2.24) is 0 Å². The molecule has 0 bridgehead atoms. The van der Waals surface area contributed by atoms with E-state index in [0.717, 1.165) is 27.5 Å². The molecule has 0 radical (unpaired) electrons. The van der Waals surface area contributed by atoms with Crippen LogP contribution in [-0.4, -0.2) is 0 Å². The van der Waals surface area contributed by atoms with Crippen LogP contribution in [0.15, 0.2) is 68.4 Å². The van der Waals surface area contributed by atoms with Crippen LogP contribution in [-0.2, 0) is 5.41 Å². The first kappa shape index (κ1) is 14.8. The molecule has 120 valence electrons. The molecule has 24 heavy (non-hydrogen) atoms. The third-order valence-electron chi connectivity index (χ3n) is 4.32. The van der Waals surface area contributed by atoms with E-state index in [1.807, 2.05) is 42.5 Å². The Labute approximate surface area is 139 Å². The lowest BCUT2D eigenvalue weighted by Crippen LogP contribution is -2.09. The molecule has 3 nitrogen and oxygen atoms in total. The summed E-state index contributed by atoms with van der Waals surface area (Å²) in [7, 11) is 0. The number of hydrogen-bond donors (Lipinski definition) is 0. The van der Waals surface area contributed by atoms with Gasteiger partial charge in [-0.3, -0.25) is 0 Å². The predicted molar refractivity (Wildman–Crippen MR) is 96.4 cm³/mol. The van der Waals surface area contributed by atoms with Crippen LogP contribution >= 0.6 is 0 Å². The van der Waals surface area contributed by atoms with Crippen molar-refractivity contribution in [3.8, 4) is 11.1 Å². The number of furan rings is 1. The molecule has 0 aliphatic rings. The summed E-state index contributed by atoms with van der Waals surface area (Å²) in [6.07, 6.45) is 1.79. The van der Waals surface area contributed by atoms with Crippen LogP contribution in [0.4, 0.5) is 0 Å². The van der Waals surface area contributed by atoms with Crippen molar-refractivity contribution in [2.45, 2.75) is 26.2 Å². The van der Waals surface area contributed by atoms with Crippen LogP contribution in [0.3, 0.4) is 0 Å². The molecule has 0 atom stereocenters. The molecular formula is C21H18O3. The van der Waals surface area contributed by atoms with E-state index in [9.17, 15) is 4.79 Å². The van der Waals surface area contributed by atoms with Crippen LogP contribution in [0.2, 0.25) is 0 Å². The van der Waals surface area contributed by atoms with Gasteiger partial charge in [0.05, 0.1) is 11.8 Å². The summed E-state index contributed by atoms with van der Waals surface area (Å²) in [5.41, 5.74) is 3.50. The lowest BCUT2D eigenvalue weighted by Gasteiger charge is -2.16. The molecule has 2 heterocycles. The first-order valence-corrected chi connectivity index (χ1v) is 7.98. The maximum Gasteiger partial charge on any atom is 0.344 e. The van der Waals surface area contributed by atoms with Crippen molar-refractivity contribution in [2.75, 3.05) is 0 Å². The lowest BCUT2D eigenvalue weighted by molar-refractivity contribution is 0.554. The topological polar surface area (TPSA) is 43.4 Å². The van der Waals surface area contributed by atoms with E-state index >= 15 is 0 Å². The third-order valence-corrected chi connectivity index (χ3v) is 4.32. The second-order valence-corrected chi connectivity index (χ2v) is 7.10. The number of benzene rings is 2. The van der Waals surface area contributed by atoms with Crippen molar-refractivity contribution >= 4 is 21.9 Å². The average molecular weight is 318 g/mol. The van der Waals surface area contributed by atoms with Crippen molar-refractivity contribution in [3.05, 3.63) is 70.8 Å². The van der Waals surface area contributed by atoms with E-state index in [2.05, 4.69) is 20.8 Å². The zero-order chi connectivity index (χ0) is 16.9. The summed E-state index contributed by atoms with van der Waals surface area (Å²) in [5, 5.41) is 1.95. The maximum absolute atomic E-state index is 12.3. The molecule has 0 aliphatic heterocycles. The Kier molecular flexibility index (Phi) is 3.14. The largest absolute Gasteiger partial charge is 0.464 e. The van der Waals surface area contributed by atoms with E-state index < -0.39 is 0 Å². The predicted octanol–water partition coefficient (Wildman–Crippen LogP) is 5.50. The van der Waals surface area contributed by atoms with Crippen LogP contribution < -0.4 is 5.63 Å². The second kappa shape index (κ2) is 5.10. The van der Waals surface area contributed by atoms with Crippen molar-refractivity contribution in [3.63, 3.8) is 0 Å². The lowest BCUT2D eigenvalue weighted by atomic mass is 9.86. The molecule has 2 aromatic heterocycles. The van der Waals surface area contributed by atoms with Gasteiger partial charge in [0.15, 0.2) is 0 Å². The molecule has 4 aromatic rings. The molecule has 0 saturated carbocycles. The second-order valence-electron chi connectivity index (χ2n) is 7.10. The van der Waals surface area contributed by atoms with Gasteiger partial charge in [-0.15, -0.1) is 0 Å². The van der Waals surface area contributed by atoms with Gasteiger partial charge in [-0.25, -0.2) is 4.79 Å². The first-order chi connectivity index (χ1) is 11.4. The standard InChI is InChI=1S/C21H18O3/c1-21(2,3)17-12-23-19-11-18-14(10-16(17)19)9-15(20(22)24-18)13-7-5-4-6-8-13/h4-12H,1-3H3. The summed E-state index contributed by atoms with van der Waals surface area (Å²) >= 11 is 0. The molecule has 0 aliphatic carbocycles. The van der Waals surface area contributed by atoms with Gasteiger partial charge in [-0.05, 0) is 23.1 Å². The fourth-order valence-electron chi connectivity index (χ4n) is 3.04. The summed E-state index contributed by atoms with van der Waals surface area (Å²) < 4.78 is 11.2. The highest BCUT2D eigenvalue weighted by Crippen LogP contribution is 2.34. The zero-order valence-corrected chi connectivity index (χ0v) is 13.9. The molecule has 3 heteroatoms. The monoisotopic (exact) mass is 318 g/mol. The SMILES string of the molecule is CC(C)(C)c1coc2cc3oc(=O)c(-c4ccccc4)cc3cc12. The fourth-order valence-corrected chi connectivity index (χ4v) is 3.04. The zero-order valence-electron chi connectivity index (χ0n) is 13.9. The van der Waals surface area contributed by atoms with Gasteiger partial charge >= 0.3 is 5.63 Å². The van der Waals surface area contributed by atoms with E-state index in [0.29, 0.717) is 11.1 Å². The van der Waals surface area contributed by atoms with E-state index in [1.54, 1.807) is 12.3 Å². The van der Waals surface area contributed by atoms with E-state index in [-0.39, 0.29) is 11.0 Å². The minimum Gasteiger partial charge on any atom is -0.464 e. The highest BCUT2D eigenvalue weighted by atomic mass is 16.4. The van der Waals surface area contributed by atoms with E-state index in [1.165, 1.54) is 0 Å².